The van der Waals surface area contributed by atoms with Crippen LogP contribution in [0, 0.1) is 0 Å². The molecule has 1 aromatic carbocycles. The van der Waals surface area contributed by atoms with E-state index in [2.05, 4.69) is 9.97 Å². The minimum Gasteiger partial charge on any atom is -0.439 e. The van der Waals surface area contributed by atoms with E-state index in [1.165, 1.54) is 6.20 Å². The highest BCUT2D eigenvalue weighted by atomic mass is 35.5. The molecule has 0 bridgehead atoms. The number of nitrogens with two attached hydrogens (primary N) is 1. The molecule has 0 atom stereocenters. The second kappa shape index (κ2) is 4.14. The summed E-state index contributed by atoms with van der Waals surface area (Å²) in [4.78, 5) is 7.64. The Morgan fingerprint density at radius 1 is 1.13 bits per heavy atom. The lowest BCUT2D eigenvalue weighted by molar-refractivity contribution is 0.461. The first-order valence-electron chi connectivity index (χ1n) is 4.26. The maximum atomic E-state index is 5.61. The van der Waals surface area contributed by atoms with Crippen LogP contribution in [0.5, 0.6) is 11.6 Å². The largest absolute Gasteiger partial charge is 0.439 e. The van der Waals surface area contributed by atoms with E-state index < -0.39 is 0 Å². The average molecular weight is 222 g/mol. The number of nitrogen functional groups attached to an aromatic ring is 1. The Labute approximate surface area is 91.7 Å². The minimum atomic E-state index is 0.156. The zero-order chi connectivity index (χ0) is 10.7. The summed E-state index contributed by atoms with van der Waals surface area (Å²) in [5.74, 6) is 1.05. The van der Waals surface area contributed by atoms with Crippen LogP contribution in [0.4, 0.5) is 5.69 Å². The molecule has 0 aliphatic rings. The first-order chi connectivity index (χ1) is 7.24. The highest BCUT2D eigenvalue weighted by Crippen LogP contribution is 2.20. The van der Waals surface area contributed by atoms with Crippen LogP contribution in [0.15, 0.2) is 36.5 Å². The number of anilines is 1. The van der Waals surface area contributed by atoms with Crippen LogP contribution < -0.4 is 10.5 Å². The van der Waals surface area contributed by atoms with Crippen LogP contribution in [-0.2, 0) is 0 Å². The number of ether oxygens (including phenoxy) is 1. The first-order valence-corrected chi connectivity index (χ1v) is 4.64. The van der Waals surface area contributed by atoms with Gasteiger partial charge in [0.15, 0.2) is 0 Å². The molecule has 2 rings (SSSR count). The third-order valence-electron chi connectivity index (χ3n) is 1.70. The highest BCUT2D eigenvalue weighted by Gasteiger charge is 1.99. The van der Waals surface area contributed by atoms with Gasteiger partial charge in [-0.2, -0.15) is 4.98 Å². The lowest BCUT2D eigenvalue weighted by Crippen LogP contribution is -1.90. The van der Waals surface area contributed by atoms with Crippen molar-refractivity contribution in [2.75, 3.05) is 5.73 Å². The van der Waals surface area contributed by atoms with Crippen LogP contribution >= 0.6 is 11.6 Å². The molecule has 0 saturated carbocycles. The zero-order valence-electron chi connectivity index (χ0n) is 7.72. The van der Waals surface area contributed by atoms with E-state index in [4.69, 9.17) is 22.1 Å². The molecule has 1 aromatic heterocycles. The zero-order valence-corrected chi connectivity index (χ0v) is 8.48. The van der Waals surface area contributed by atoms with Gasteiger partial charge >= 0.3 is 0 Å². The summed E-state index contributed by atoms with van der Waals surface area (Å²) in [6.45, 7) is 0. The molecule has 0 saturated heterocycles. The summed E-state index contributed by atoms with van der Waals surface area (Å²) in [7, 11) is 0. The van der Waals surface area contributed by atoms with E-state index >= 15 is 0 Å². The van der Waals surface area contributed by atoms with Crippen molar-refractivity contribution < 1.29 is 4.74 Å². The van der Waals surface area contributed by atoms with E-state index in [9.17, 15) is 0 Å². The Bertz CT molecular complexity index is 458. The Morgan fingerprint density at radius 2 is 1.87 bits per heavy atom. The van der Waals surface area contributed by atoms with E-state index in [1.54, 1.807) is 30.3 Å². The van der Waals surface area contributed by atoms with Gasteiger partial charge < -0.3 is 10.5 Å². The Hall–Kier alpha value is -1.81. The molecular weight excluding hydrogens is 214 g/mol. The van der Waals surface area contributed by atoms with E-state index in [0.29, 0.717) is 17.3 Å². The third kappa shape index (κ3) is 2.57. The van der Waals surface area contributed by atoms with Crippen LogP contribution in [0.25, 0.3) is 0 Å². The summed E-state index contributed by atoms with van der Waals surface area (Å²) < 4.78 is 5.42. The van der Waals surface area contributed by atoms with Crippen molar-refractivity contribution in [3.63, 3.8) is 0 Å². The van der Waals surface area contributed by atoms with E-state index in [0.717, 1.165) is 0 Å². The van der Waals surface area contributed by atoms with Crippen molar-refractivity contribution >= 4 is 17.3 Å². The second-order valence-corrected chi connectivity index (χ2v) is 3.17. The number of benzene rings is 1. The van der Waals surface area contributed by atoms with Crippen molar-refractivity contribution in [1.82, 2.24) is 9.97 Å². The summed E-state index contributed by atoms with van der Waals surface area (Å²) >= 11 is 5.61. The number of nitrogens with zero attached hydrogens (tertiary/aromatic N) is 2. The lowest BCUT2D eigenvalue weighted by atomic mass is 10.3. The Kier molecular flexibility index (Phi) is 2.69. The maximum Gasteiger partial charge on any atom is 0.225 e. The molecule has 0 aliphatic heterocycles. The topological polar surface area (TPSA) is 61.0 Å². The van der Waals surface area contributed by atoms with E-state index in [-0.39, 0.29) is 5.28 Å². The fourth-order valence-corrected chi connectivity index (χ4v) is 1.17. The normalized spacial score (nSPS) is 9.93. The molecule has 2 N–H and O–H groups in total. The third-order valence-corrected chi connectivity index (χ3v) is 1.89. The predicted octanol–water partition coefficient (Wildman–Crippen LogP) is 2.50. The maximum absolute atomic E-state index is 5.61. The van der Waals surface area contributed by atoms with Crippen molar-refractivity contribution in [3.05, 3.63) is 41.8 Å². The smallest absolute Gasteiger partial charge is 0.225 e. The molecule has 76 valence electrons. The van der Waals surface area contributed by atoms with Gasteiger partial charge in [-0.25, -0.2) is 4.98 Å². The molecule has 0 fully saturated rings. The van der Waals surface area contributed by atoms with Crippen LogP contribution in [-0.4, -0.2) is 9.97 Å². The van der Waals surface area contributed by atoms with Crippen molar-refractivity contribution in [2.24, 2.45) is 0 Å². The molecule has 0 unspecified atom stereocenters. The van der Waals surface area contributed by atoms with Gasteiger partial charge in [-0.3, -0.25) is 0 Å². The van der Waals surface area contributed by atoms with E-state index in [1.807, 2.05) is 0 Å². The molecule has 4 nitrogen and oxygen atoms in total. The van der Waals surface area contributed by atoms with Gasteiger partial charge in [0.1, 0.15) is 5.75 Å². The fraction of sp³-hybridized carbons (Fsp3) is 0. The van der Waals surface area contributed by atoms with Crippen LogP contribution in [0.3, 0.4) is 0 Å². The highest BCUT2D eigenvalue weighted by molar-refractivity contribution is 6.28. The number of hydrogen-bond acceptors (Lipinski definition) is 4. The number of rotatable bonds is 2. The summed E-state index contributed by atoms with van der Waals surface area (Å²) in [6, 6.07) is 8.63. The molecule has 15 heavy (non-hydrogen) atoms. The quantitative estimate of drug-likeness (QED) is 0.625. The SMILES string of the molecule is Nc1ccc(Oc2ccnc(Cl)n2)cc1. The molecule has 5 heteroatoms. The predicted molar refractivity (Wildman–Crippen MR) is 58.0 cm³/mol. The molecular formula is C10H8ClN3O. The summed E-state index contributed by atoms with van der Waals surface area (Å²) in [5, 5.41) is 0.156. The second-order valence-electron chi connectivity index (χ2n) is 2.84. The Balaban J connectivity index is 2.18. The lowest BCUT2D eigenvalue weighted by Gasteiger charge is -2.04. The van der Waals surface area contributed by atoms with Crippen molar-refractivity contribution in [1.29, 1.82) is 0 Å². The average Bonchev–Trinajstić information content (AvgIpc) is 2.22. The number of halogens is 1. The Morgan fingerprint density at radius 3 is 2.53 bits per heavy atom. The minimum absolute atomic E-state index is 0.156. The molecule has 0 amide bonds. The summed E-state index contributed by atoms with van der Waals surface area (Å²) in [5.41, 5.74) is 6.23. The standard InChI is InChI=1S/C10H8ClN3O/c11-10-13-6-5-9(14-10)15-8-3-1-7(12)2-4-8/h1-6H,12H2. The molecule has 2 aromatic rings. The molecule has 0 radical (unpaired) electrons. The first kappa shape index (κ1) is 9.73. The van der Waals surface area contributed by atoms with Gasteiger partial charge in [0, 0.05) is 18.0 Å². The number of aromatic nitrogens is 2. The monoisotopic (exact) mass is 221 g/mol. The van der Waals surface area contributed by atoms with Crippen LogP contribution in [0.1, 0.15) is 0 Å². The van der Waals surface area contributed by atoms with Crippen molar-refractivity contribution in [3.8, 4) is 11.6 Å². The molecule has 0 spiro atoms. The van der Waals surface area contributed by atoms with Gasteiger partial charge in [0.25, 0.3) is 0 Å². The van der Waals surface area contributed by atoms with Gasteiger partial charge in [-0.1, -0.05) is 0 Å². The van der Waals surface area contributed by atoms with Crippen molar-refractivity contribution in [2.45, 2.75) is 0 Å². The molecule has 1 heterocycles. The number of hydrogen-bond donors (Lipinski definition) is 1. The van der Waals surface area contributed by atoms with Gasteiger partial charge in [0.2, 0.25) is 11.2 Å². The van der Waals surface area contributed by atoms with Crippen LogP contribution in [0.2, 0.25) is 5.28 Å². The van der Waals surface area contributed by atoms with Gasteiger partial charge in [0.05, 0.1) is 0 Å². The van der Waals surface area contributed by atoms with Gasteiger partial charge in [-0.15, -0.1) is 0 Å². The molecule has 0 aliphatic carbocycles. The summed E-state index contributed by atoms with van der Waals surface area (Å²) in [6.07, 6.45) is 1.53. The fourth-order valence-electron chi connectivity index (χ4n) is 1.03. The van der Waals surface area contributed by atoms with Gasteiger partial charge in [-0.05, 0) is 35.9 Å².